The second-order valence-electron chi connectivity index (χ2n) is 6.24. The number of ether oxygens (including phenoxy) is 1. The lowest BCUT2D eigenvalue weighted by atomic mass is 10.3. The molecule has 30 heavy (non-hydrogen) atoms. The summed E-state index contributed by atoms with van der Waals surface area (Å²) < 4.78 is 7.37. The van der Waals surface area contributed by atoms with Crippen LogP contribution in [0.15, 0.2) is 46.9 Å². The number of nitrogens with one attached hydrogen (secondary N) is 2. The molecule has 2 aromatic heterocycles. The van der Waals surface area contributed by atoms with E-state index in [4.69, 9.17) is 4.74 Å². The number of para-hydroxylation sites is 2. The van der Waals surface area contributed by atoms with E-state index in [2.05, 4.69) is 20.8 Å². The van der Waals surface area contributed by atoms with Crippen LogP contribution < -0.4 is 15.4 Å². The highest BCUT2D eigenvalue weighted by atomic mass is 32.2. The second kappa shape index (κ2) is 10.8. The predicted molar refractivity (Wildman–Crippen MR) is 118 cm³/mol. The van der Waals surface area contributed by atoms with Crippen molar-refractivity contribution in [2.24, 2.45) is 0 Å². The Balaban J connectivity index is 1.79. The number of rotatable bonds is 9. The number of imide groups is 1. The standard InChI is InChI=1S/C20H23N5O3S2/c1-3-4-11-21-19(27)22-17(26)13-30-20-24-23-18(16-10-7-12-29-16)25(20)14-8-5-6-9-15(14)28-2/h5-10,12H,3-4,11,13H2,1-2H3,(H2,21,22,26,27). The van der Waals surface area contributed by atoms with E-state index in [-0.39, 0.29) is 5.75 Å². The van der Waals surface area contributed by atoms with E-state index >= 15 is 0 Å². The Kier molecular flexibility index (Phi) is 7.86. The Labute approximate surface area is 183 Å². The first-order valence-corrected chi connectivity index (χ1v) is 11.3. The van der Waals surface area contributed by atoms with Gasteiger partial charge in [0.15, 0.2) is 11.0 Å². The fourth-order valence-corrected chi connectivity index (χ4v) is 4.12. The van der Waals surface area contributed by atoms with Crippen LogP contribution in [0.3, 0.4) is 0 Å². The zero-order chi connectivity index (χ0) is 21.3. The molecule has 2 heterocycles. The maximum Gasteiger partial charge on any atom is 0.321 e. The van der Waals surface area contributed by atoms with Crippen molar-refractivity contribution in [3.05, 3.63) is 41.8 Å². The highest BCUT2D eigenvalue weighted by Gasteiger charge is 2.20. The van der Waals surface area contributed by atoms with Crippen LogP contribution in [-0.4, -0.2) is 46.1 Å². The lowest BCUT2D eigenvalue weighted by Crippen LogP contribution is -2.40. The van der Waals surface area contributed by atoms with Crippen molar-refractivity contribution in [1.82, 2.24) is 25.4 Å². The number of thioether (sulfide) groups is 1. The molecule has 0 bridgehead atoms. The van der Waals surface area contributed by atoms with Crippen LogP contribution in [0.5, 0.6) is 5.75 Å². The zero-order valence-electron chi connectivity index (χ0n) is 16.8. The molecule has 0 fully saturated rings. The highest BCUT2D eigenvalue weighted by molar-refractivity contribution is 7.99. The van der Waals surface area contributed by atoms with Crippen molar-refractivity contribution in [2.45, 2.75) is 24.9 Å². The van der Waals surface area contributed by atoms with Gasteiger partial charge in [-0.25, -0.2) is 4.79 Å². The molecule has 0 unspecified atom stereocenters. The molecule has 3 aromatic rings. The minimum Gasteiger partial charge on any atom is -0.495 e. The lowest BCUT2D eigenvalue weighted by molar-refractivity contribution is -0.117. The Morgan fingerprint density at radius 2 is 2.03 bits per heavy atom. The van der Waals surface area contributed by atoms with Crippen LogP contribution >= 0.6 is 23.1 Å². The highest BCUT2D eigenvalue weighted by Crippen LogP contribution is 2.33. The summed E-state index contributed by atoms with van der Waals surface area (Å²) in [5.74, 6) is 0.950. The van der Waals surface area contributed by atoms with Crippen LogP contribution in [-0.2, 0) is 4.79 Å². The minimum atomic E-state index is -0.487. The summed E-state index contributed by atoms with van der Waals surface area (Å²) >= 11 is 2.75. The van der Waals surface area contributed by atoms with Gasteiger partial charge in [-0.15, -0.1) is 21.5 Å². The number of amides is 3. The summed E-state index contributed by atoms with van der Waals surface area (Å²) in [7, 11) is 1.60. The van der Waals surface area contributed by atoms with Crippen LogP contribution in [0.2, 0.25) is 0 Å². The third-order valence-corrected chi connectivity index (χ3v) is 5.90. The molecule has 0 radical (unpaired) electrons. The van der Waals surface area contributed by atoms with Gasteiger partial charge in [-0.1, -0.05) is 43.3 Å². The molecule has 10 heteroatoms. The summed E-state index contributed by atoms with van der Waals surface area (Å²) in [6, 6.07) is 11.0. The van der Waals surface area contributed by atoms with E-state index in [9.17, 15) is 9.59 Å². The van der Waals surface area contributed by atoms with E-state index < -0.39 is 11.9 Å². The van der Waals surface area contributed by atoms with Gasteiger partial charge in [0.2, 0.25) is 5.91 Å². The van der Waals surface area contributed by atoms with Gasteiger partial charge in [-0.3, -0.25) is 14.7 Å². The van der Waals surface area contributed by atoms with Gasteiger partial charge < -0.3 is 10.1 Å². The fraction of sp³-hybridized carbons (Fsp3) is 0.300. The lowest BCUT2D eigenvalue weighted by Gasteiger charge is -2.13. The molecule has 158 valence electrons. The van der Waals surface area contributed by atoms with Crippen molar-refractivity contribution >= 4 is 35.0 Å². The molecule has 0 aliphatic rings. The molecule has 0 spiro atoms. The smallest absolute Gasteiger partial charge is 0.321 e. The van der Waals surface area contributed by atoms with Gasteiger partial charge in [-0.2, -0.15) is 0 Å². The van der Waals surface area contributed by atoms with E-state index in [0.717, 1.165) is 23.4 Å². The van der Waals surface area contributed by atoms with Gasteiger partial charge in [0.05, 0.1) is 23.4 Å². The number of thiophene rings is 1. The number of hydrogen-bond acceptors (Lipinski definition) is 7. The summed E-state index contributed by atoms with van der Waals surface area (Å²) in [5.41, 5.74) is 0.772. The maximum atomic E-state index is 12.2. The summed E-state index contributed by atoms with van der Waals surface area (Å²) in [6.45, 7) is 2.57. The Hall–Kier alpha value is -2.85. The van der Waals surface area contributed by atoms with Gasteiger partial charge in [0.25, 0.3) is 0 Å². The Morgan fingerprint density at radius 1 is 1.20 bits per heavy atom. The first-order chi connectivity index (χ1) is 14.6. The average molecular weight is 446 g/mol. The SMILES string of the molecule is CCCCNC(=O)NC(=O)CSc1nnc(-c2cccs2)n1-c1ccccc1OC. The van der Waals surface area contributed by atoms with Crippen LogP contribution in [0.25, 0.3) is 16.4 Å². The number of urea groups is 1. The molecular weight excluding hydrogens is 422 g/mol. The van der Waals surface area contributed by atoms with Crippen LogP contribution in [0, 0.1) is 0 Å². The van der Waals surface area contributed by atoms with Gasteiger partial charge in [0, 0.05) is 6.54 Å². The first-order valence-electron chi connectivity index (χ1n) is 9.47. The van der Waals surface area contributed by atoms with Crippen molar-refractivity contribution in [3.8, 4) is 22.1 Å². The quantitative estimate of drug-likeness (QED) is 0.385. The fourth-order valence-electron chi connectivity index (χ4n) is 2.68. The molecule has 0 saturated heterocycles. The number of benzene rings is 1. The number of carbonyl (C=O) groups is 2. The summed E-state index contributed by atoms with van der Waals surface area (Å²) in [6.07, 6.45) is 1.83. The third kappa shape index (κ3) is 5.39. The molecule has 1 aromatic carbocycles. The first kappa shape index (κ1) is 21.8. The molecule has 0 atom stereocenters. The summed E-state index contributed by atoms with van der Waals surface area (Å²) in [5, 5.41) is 16.1. The number of aromatic nitrogens is 3. The van der Waals surface area contributed by atoms with Crippen LogP contribution in [0.1, 0.15) is 19.8 Å². The van der Waals surface area contributed by atoms with Crippen molar-refractivity contribution < 1.29 is 14.3 Å². The molecule has 3 amide bonds. The van der Waals surface area contributed by atoms with Crippen molar-refractivity contribution in [3.63, 3.8) is 0 Å². The normalized spacial score (nSPS) is 10.6. The largest absolute Gasteiger partial charge is 0.495 e. The Bertz CT molecular complexity index is 988. The minimum absolute atomic E-state index is 0.0267. The van der Waals surface area contributed by atoms with Crippen molar-refractivity contribution in [2.75, 3.05) is 19.4 Å². The van der Waals surface area contributed by atoms with E-state index in [1.54, 1.807) is 18.4 Å². The molecule has 0 saturated carbocycles. The number of methoxy groups -OCH3 is 1. The molecule has 0 aliphatic carbocycles. The van der Waals surface area contributed by atoms with Crippen molar-refractivity contribution in [1.29, 1.82) is 0 Å². The van der Waals surface area contributed by atoms with Gasteiger partial charge >= 0.3 is 6.03 Å². The molecule has 8 nitrogen and oxygen atoms in total. The number of unbranched alkanes of at least 4 members (excludes halogenated alkanes) is 1. The third-order valence-electron chi connectivity index (χ3n) is 4.10. The second-order valence-corrected chi connectivity index (χ2v) is 8.13. The molecule has 2 N–H and O–H groups in total. The van der Waals surface area contributed by atoms with Gasteiger partial charge in [0.1, 0.15) is 5.75 Å². The van der Waals surface area contributed by atoms with E-state index in [0.29, 0.717) is 23.3 Å². The molecule has 3 rings (SSSR count). The van der Waals surface area contributed by atoms with Gasteiger partial charge in [-0.05, 0) is 30.0 Å². The summed E-state index contributed by atoms with van der Waals surface area (Å²) in [4.78, 5) is 24.9. The van der Waals surface area contributed by atoms with Crippen LogP contribution in [0.4, 0.5) is 4.79 Å². The number of carbonyl (C=O) groups excluding carboxylic acids is 2. The Morgan fingerprint density at radius 3 is 2.77 bits per heavy atom. The monoisotopic (exact) mass is 445 g/mol. The predicted octanol–water partition coefficient (Wildman–Crippen LogP) is 3.72. The average Bonchev–Trinajstić information content (AvgIpc) is 3.42. The maximum absolute atomic E-state index is 12.2. The topological polar surface area (TPSA) is 98.1 Å². The van der Waals surface area contributed by atoms with E-state index in [1.807, 2.05) is 53.3 Å². The molecular formula is C20H23N5O3S2. The zero-order valence-corrected chi connectivity index (χ0v) is 18.4. The van der Waals surface area contributed by atoms with E-state index in [1.165, 1.54) is 11.8 Å². The number of hydrogen-bond donors (Lipinski definition) is 2. The molecule has 0 aliphatic heterocycles. The number of nitrogens with zero attached hydrogens (tertiary/aromatic N) is 3.